The van der Waals surface area contributed by atoms with Crippen molar-refractivity contribution in [3.63, 3.8) is 0 Å². The van der Waals surface area contributed by atoms with Crippen LogP contribution in [0.2, 0.25) is 0 Å². The zero-order valence-electron chi connectivity index (χ0n) is 9.81. The molecule has 0 aromatic heterocycles. The summed E-state index contributed by atoms with van der Waals surface area (Å²) in [6.45, 7) is 5.90. The summed E-state index contributed by atoms with van der Waals surface area (Å²) in [5.41, 5.74) is 0. The van der Waals surface area contributed by atoms with E-state index in [4.69, 9.17) is 14.0 Å². The van der Waals surface area contributed by atoms with Crippen molar-refractivity contribution in [1.82, 2.24) is 5.32 Å². The molecule has 0 aromatic carbocycles. The van der Waals surface area contributed by atoms with Crippen LogP contribution in [-0.4, -0.2) is 51.3 Å². The minimum absolute atomic E-state index is 0.228. The second-order valence-electron chi connectivity index (χ2n) is 3.18. The highest BCUT2D eigenvalue weighted by atomic mass is 32.2. The standard InChI is InChI=1S/C9H21NO5S/c1-3-14-9(15-4-2)8-10-6-5-7-16(11,12)13/h9-10H,3-8H2,1-2H3,(H,11,12,13). The molecule has 0 saturated carbocycles. The van der Waals surface area contributed by atoms with Crippen LogP contribution in [0.15, 0.2) is 0 Å². The Kier molecular flexibility index (Phi) is 8.77. The number of hydrogen-bond donors (Lipinski definition) is 2. The second-order valence-corrected chi connectivity index (χ2v) is 4.76. The molecule has 0 aromatic rings. The van der Waals surface area contributed by atoms with E-state index in [1.54, 1.807) is 0 Å². The van der Waals surface area contributed by atoms with Crippen molar-refractivity contribution in [1.29, 1.82) is 0 Å². The fourth-order valence-electron chi connectivity index (χ4n) is 1.14. The monoisotopic (exact) mass is 255 g/mol. The van der Waals surface area contributed by atoms with Crippen molar-refractivity contribution in [2.24, 2.45) is 0 Å². The van der Waals surface area contributed by atoms with Crippen LogP contribution in [0, 0.1) is 0 Å². The molecule has 16 heavy (non-hydrogen) atoms. The van der Waals surface area contributed by atoms with E-state index in [0.717, 1.165) is 0 Å². The highest BCUT2D eigenvalue weighted by Gasteiger charge is 2.07. The van der Waals surface area contributed by atoms with Gasteiger partial charge in [0.1, 0.15) is 0 Å². The van der Waals surface area contributed by atoms with Crippen molar-refractivity contribution >= 4 is 10.1 Å². The first-order chi connectivity index (χ1) is 7.49. The van der Waals surface area contributed by atoms with Gasteiger partial charge >= 0.3 is 0 Å². The Morgan fingerprint density at radius 3 is 2.25 bits per heavy atom. The zero-order chi connectivity index (χ0) is 12.4. The van der Waals surface area contributed by atoms with Crippen molar-refractivity contribution < 1.29 is 22.4 Å². The summed E-state index contributed by atoms with van der Waals surface area (Å²) in [7, 11) is -3.85. The minimum atomic E-state index is -3.85. The predicted octanol–water partition coefficient (Wildman–Crippen LogP) is 0.253. The van der Waals surface area contributed by atoms with Crippen molar-refractivity contribution in [3.8, 4) is 0 Å². The van der Waals surface area contributed by atoms with Gasteiger partial charge in [-0.15, -0.1) is 0 Å². The summed E-state index contributed by atoms with van der Waals surface area (Å²) in [6, 6.07) is 0. The molecule has 0 bridgehead atoms. The molecular formula is C9H21NO5S. The van der Waals surface area contributed by atoms with Crippen LogP contribution in [-0.2, 0) is 19.6 Å². The molecule has 0 saturated heterocycles. The van der Waals surface area contributed by atoms with Crippen LogP contribution in [0.25, 0.3) is 0 Å². The first kappa shape index (κ1) is 15.8. The topological polar surface area (TPSA) is 84.9 Å². The highest BCUT2D eigenvalue weighted by Crippen LogP contribution is 1.93. The highest BCUT2D eigenvalue weighted by molar-refractivity contribution is 7.85. The van der Waals surface area contributed by atoms with E-state index in [0.29, 0.717) is 32.7 Å². The van der Waals surface area contributed by atoms with Gasteiger partial charge < -0.3 is 14.8 Å². The van der Waals surface area contributed by atoms with Crippen LogP contribution in [0.1, 0.15) is 20.3 Å². The quantitative estimate of drug-likeness (QED) is 0.331. The van der Waals surface area contributed by atoms with Crippen LogP contribution >= 0.6 is 0 Å². The summed E-state index contributed by atoms with van der Waals surface area (Å²) >= 11 is 0. The van der Waals surface area contributed by atoms with E-state index in [2.05, 4.69) is 5.32 Å². The first-order valence-electron chi connectivity index (χ1n) is 5.38. The van der Waals surface area contributed by atoms with Crippen molar-refractivity contribution in [2.75, 3.05) is 32.1 Å². The van der Waals surface area contributed by atoms with Gasteiger partial charge in [-0.2, -0.15) is 8.42 Å². The molecule has 0 aliphatic rings. The average molecular weight is 255 g/mol. The molecular weight excluding hydrogens is 234 g/mol. The van der Waals surface area contributed by atoms with E-state index in [-0.39, 0.29) is 12.0 Å². The maximum absolute atomic E-state index is 10.4. The third-order valence-corrected chi connectivity index (χ3v) is 2.58. The number of rotatable bonds is 10. The third kappa shape index (κ3) is 10.3. The third-order valence-electron chi connectivity index (χ3n) is 1.77. The molecule has 0 atom stereocenters. The summed E-state index contributed by atoms with van der Waals surface area (Å²) in [5, 5.41) is 3.00. The maximum Gasteiger partial charge on any atom is 0.264 e. The summed E-state index contributed by atoms with van der Waals surface area (Å²) in [6.07, 6.45) is 0.0600. The van der Waals surface area contributed by atoms with Gasteiger partial charge in [0.2, 0.25) is 0 Å². The van der Waals surface area contributed by atoms with E-state index >= 15 is 0 Å². The van der Waals surface area contributed by atoms with E-state index in [1.807, 2.05) is 13.8 Å². The van der Waals surface area contributed by atoms with Gasteiger partial charge in [-0.1, -0.05) is 0 Å². The predicted molar refractivity (Wildman–Crippen MR) is 60.9 cm³/mol. The lowest BCUT2D eigenvalue weighted by atomic mass is 10.4. The Morgan fingerprint density at radius 2 is 1.81 bits per heavy atom. The molecule has 0 spiro atoms. The first-order valence-corrected chi connectivity index (χ1v) is 6.99. The van der Waals surface area contributed by atoms with Gasteiger partial charge in [0, 0.05) is 19.8 Å². The van der Waals surface area contributed by atoms with Crippen molar-refractivity contribution in [2.45, 2.75) is 26.6 Å². The summed E-state index contributed by atoms with van der Waals surface area (Å²) in [4.78, 5) is 0. The molecule has 7 heteroatoms. The normalized spacial score (nSPS) is 12.2. The lowest BCUT2D eigenvalue weighted by molar-refractivity contribution is -0.132. The molecule has 0 rings (SSSR count). The van der Waals surface area contributed by atoms with E-state index < -0.39 is 10.1 Å². The SMILES string of the molecule is CCOC(CNCCCS(=O)(=O)O)OCC. The fraction of sp³-hybridized carbons (Fsp3) is 1.00. The number of hydrogen-bond acceptors (Lipinski definition) is 5. The molecule has 98 valence electrons. The maximum atomic E-state index is 10.4. The van der Waals surface area contributed by atoms with Gasteiger partial charge in [0.25, 0.3) is 10.1 Å². The van der Waals surface area contributed by atoms with Crippen LogP contribution < -0.4 is 5.32 Å². The summed E-state index contributed by atoms with van der Waals surface area (Å²) in [5.74, 6) is -0.228. The zero-order valence-corrected chi connectivity index (χ0v) is 10.6. The Bertz CT molecular complexity index is 249. The van der Waals surface area contributed by atoms with Gasteiger partial charge in [0.15, 0.2) is 6.29 Å². The van der Waals surface area contributed by atoms with E-state index in [9.17, 15) is 8.42 Å². The number of nitrogens with one attached hydrogen (secondary N) is 1. The molecule has 2 N–H and O–H groups in total. The Hall–Kier alpha value is -0.210. The average Bonchev–Trinajstić information content (AvgIpc) is 2.16. The lowest BCUT2D eigenvalue weighted by Crippen LogP contribution is -2.32. The van der Waals surface area contributed by atoms with E-state index in [1.165, 1.54) is 0 Å². The Balaban J connectivity index is 3.54. The van der Waals surface area contributed by atoms with Crippen LogP contribution in [0.3, 0.4) is 0 Å². The second kappa shape index (κ2) is 8.89. The van der Waals surface area contributed by atoms with Crippen LogP contribution in [0.5, 0.6) is 0 Å². The van der Waals surface area contributed by atoms with Gasteiger partial charge in [-0.05, 0) is 26.8 Å². The molecule has 0 aliphatic heterocycles. The largest absolute Gasteiger partial charge is 0.352 e. The molecule has 0 amide bonds. The van der Waals surface area contributed by atoms with Gasteiger partial charge in [0.05, 0.1) is 5.75 Å². The number of ether oxygens (including phenoxy) is 2. The molecule has 0 radical (unpaired) electrons. The van der Waals surface area contributed by atoms with Crippen molar-refractivity contribution in [3.05, 3.63) is 0 Å². The minimum Gasteiger partial charge on any atom is -0.352 e. The molecule has 0 unspecified atom stereocenters. The smallest absolute Gasteiger partial charge is 0.264 e. The molecule has 0 fully saturated rings. The van der Waals surface area contributed by atoms with Crippen LogP contribution in [0.4, 0.5) is 0 Å². The molecule has 0 heterocycles. The summed E-state index contributed by atoms with van der Waals surface area (Å²) < 4.78 is 39.9. The Morgan fingerprint density at radius 1 is 1.25 bits per heavy atom. The molecule has 0 aliphatic carbocycles. The fourth-order valence-corrected chi connectivity index (χ4v) is 1.65. The van der Waals surface area contributed by atoms with Gasteiger partial charge in [-0.25, -0.2) is 0 Å². The Labute approximate surface area is 97.1 Å². The molecule has 6 nitrogen and oxygen atoms in total. The van der Waals surface area contributed by atoms with Gasteiger partial charge in [-0.3, -0.25) is 4.55 Å². The lowest BCUT2D eigenvalue weighted by Gasteiger charge is -2.17.